The lowest BCUT2D eigenvalue weighted by Crippen LogP contribution is -2.09. The molecule has 17 heavy (non-hydrogen) atoms. The average Bonchev–Trinajstić information content (AvgIpc) is 2.29. The average molecular weight is 235 g/mol. The van der Waals surface area contributed by atoms with E-state index < -0.39 is 0 Å². The zero-order chi connectivity index (χ0) is 12.7. The van der Waals surface area contributed by atoms with Crippen LogP contribution < -0.4 is 4.74 Å². The molecule has 2 nitrogen and oxygen atoms in total. The van der Waals surface area contributed by atoms with Gasteiger partial charge in [0.1, 0.15) is 18.2 Å². The topological polar surface area (TPSA) is 21.6 Å². The minimum Gasteiger partial charge on any atom is -0.487 e. The van der Waals surface area contributed by atoms with E-state index in [0.29, 0.717) is 18.3 Å². The van der Waals surface area contributed by atoms with Gasteiger partial charge in [0, 0.05) is 13.1 Å². The van der Waals surface area contributed by atoms with Gasteiger partial charge in [-0.1, -0.05) is 26.0 Å². The van der Waals surface area contributed by atoms with Crippen molar-refractivity contribution < 1.29 is 9.13 Å². The molecule has 92 valence electrons. The van der Waals surface area contributed by atoms with Gasteiger partial charge in [0.25, 0.3) is 0 Å². The SMILES string of the molecule is CN=C(C=CC(C)C)COc1cccc(F)c1. The maximum Gasteiger partial charge on any atom is 0.130 e. The Balaban J connectivity index is 2.54. The van der Waals surface area contributed by atoms with Gasteiger partial charge >= 0.3 is 0 Å². The fourth-order valence-corrected chi connectivity index (χ4v) is 1.20. The van der Waals surface area contributed by atoms with E-state index in [2.05, 4.69) is 24.9 Å². The van der Waals surface area contributed by atoms with Crippen LogP contribution in [0.15, 0.2) is 41.4 Å². The minimum absolute atomic E-state index is 0.296. The van der Waals surface area contributed by atoms with Crippen molar-refractivity contribution in [3.63, 3.8) is 0 Å². The Bertz CT molecular complexity index is 410. The predicted octanol–water partition coefficient (Wildman–Crippen LogP) is 3.49. The monoisotopic (exact) mass is 235 g/mol. The number of allylic oxidation sites excluding steroid dienone is 1. The highest BCUT2D eigenvalue weighted by atomic mass is 19.1. The van der Waals surface area contributed by atoms with Crippen molar-refractivity contribution in [3.8, 4) is 5.75 Å². The van der Waals surface area contributed by atoms with E-state index in [1.54, 1.807) is 19.2 Å². The Kier molecular flexibility index (Phi) is 5.40. The molecule has 1 rings (SSSR count). The first-order valence-corrected chi connectivity index (χ1v) is 5.64. The molecular weight excluding hydrogens is 217 g/mol. The first kappa shape index (κ1) is 13.4. The zero-order valence-corrected chi connectivity index (χ0v) is 10.5. The Labute approximate surface area is 102 Å². The lowest BCUT2D eigenvalue weighted by atomic mass is 10.2. The van der Waals surface area contributed by atoms with Gasteiger partial charge in [-0.15, -0.1) is 0 Å². The van der Waals surface area contributed by atoms with Crippen molar-refractivity contribution in [2.75, 3.05) is 13.7 Å². The predicted molar refractivity (Wildman–Crippen MR) is 69.2 cm³/mol. The van der Waals surface area contributed by atoms with Gasteiger partial charge in [-0.2, -0.15) is 0 Å². The van der Waals surface area contributed by atoms with Crippen molar-refractivity contribution in [1.82, 2.24) is 0 Å². The van der Waals surface area contributed by atoms with Crippen LogP contribution in [0, 0.1) is 11.7 Å². The van der Waals surface area contributed by atoms with Gasteiger partial charge in [-0.25, -0.2) is 4.39 Å². The van der Waals surface area contributed by atoms with Gasteiger partial charge in [0.2, 0.25) is 0 Å². The normalized spacial score (nSPS) is 12.4. The summed E-state index contributed by atoms with van der Waals surface area (Å²) in [5.41, 5.74) is 0.836. The van der Waals surface area contributed by atoms with Crippen LogP contribution >= 0.6 is 0 Å². The summed E-state index contributed by atoms with van der Waals surface area (Å²) in [7, 11) is 1.72. The molecule has 1 aromatic rings. The smallest absolute Gasteiger partial charge is 0.130 e. The molecule has 0 saturated heterocycles. The largest absolute Gasteiger partial charge is 0.487 e. The van der Waals surface area contributed by atoms with E-state index in [4.69, 9.17) is 4.74 Å². The number of hydrogen-bond donors (Lipinski definition) is 0. The molecule has 0 N–H and O–H groups in total. The third kappa shape index (κ3) is 5.29. The Morgan fingerprint density at radius 3 is 2.82 bits per heavy atom. The van der Waals surface area contributed by atoms with Gasteiger partial charge in [-0.05, 0) is 24.1 Å². The molecule has 0 atom stereocenters. The molecule has 0 spiro atoms. The summed E-state index contributed by atoms with van der Waals surface area (Å²) in [6, 6.07) is 6.10. The molecule has 0 radical (unpaired) electrons. The van der Waals surface area contributed by atoms with E-state index in [9.17, 15) is 4.39 Å². The van der Waals surface area contributed by atoms with Crippen LogP contribution in [0.1, 0.15) is 13.8 Å². The van der Waals surface area contributed by atoms with Crippen LogP contribution in [0.3, 0.4) is 0 Å². The molecule has 0 aliphatic heterocycles. The van der Waals surface area contributed by atoms with Crippen LogP contribution in [-0.2, 0) is 0 Å². The maximum absolute atomic E-state index is 12.9. The fourth-order valence-electron chi connectivity index (χ4n) is 1.20. The molecule has 3 heteroatoms. The second-order valence-electron chi connectivity index (χ2n) is 4.06. The molecule has 0 amide bonds. The fraction of sp³-hybridized carbons (Fsp3) is 0.357. The van der Waals surface area contributed by atoms with E-state index in [-0.39, 0.29) is 5.82 Å². The Morgan fingerprint density at radius 2 is 2.24 bits per heavy atom. The first-order chi connectivity index (χ1) is 8.11. The third-order valence-electron chi connectivity index (χ3n) is 2.14. The summed E-state index contributed by atoms with van der Waals surface area (Å²) in [5, 5.41) is 0. The molecule has 0 bridgehead atoms. The molecule has 0 saturated carbocycles. The summed E-state index contributed by atoms with van der Waals surface area (Å²) < 4.78 is 18.4. The Morgan fingerprint density at radius 1 is 1.47 bits per heavy atom. The van der Waals surface area contributed by atoms with Crippen molar-refractivity contribution in [2.45, 2.75) is 13.8 Å². The number of ether oxygens (including phenoxy) is 1. The van der Waals surface area contributed by atoms with Crippen LogP contribution in [0.4, 0.5) is 4.39 Å². The number of aliphatic imine (C=N–C) groups is 1. The van der Waals surface area contributed by atoms with E-state index >= 15 is 0 Å². The number of nitrogens with zero attached hydrogens (tertiary/aromatic N) is 1. The standard InChI is InChI=1S/C14H18FNO/c1-11(2)7-8-13(16-3)10-17-14-6-4-5-12(15)9-14/h4-9,11H,10H2,1-3H3. The molecule has 0 heterocycles. The van der Waals surface area contributed by atoms with Gasteiger partial charge in [0.05, 0.1) is 5.71 Å². The van der Waals surface area contributed by atoms with Crippen molar-refractivity contribution in [1.29, 1.82) is 0 Å². The van der Waals surface area contributed by atoms with Crippen LogP contribution in [0.2, 0.25) is 0 Å². The highest BCUT2D eigenvalue weighted by Gasteiger charge is 1.98. The molecule has 0 aromatic heterocycles. The maximum atomic E-state index is 12.9. The van der Waals surface area contributed by atoms with Crippen molar-refractivity contribution in [3.05, 3.63) is 42.2 Å². The van der Waals surface area contributed by atoms with E-state index in [1.807, 2.05) is 6.08 Å². The highest BCUT2D eigenvalue weighted by Crippen LogP contribution is 2.11. The molecular formula is C14H18FNO. The molecule has 0 fully saturated rings. The second-order valence-corrected chi connectivity index (χ2v) is 4.06. The molecule has 0 unspecified atom stereocenters. The summed E-state index contributed by atoms with van der Waals surface area (Å²) in [4.78, 5) is 4.11. The number of benzene rings is 1. The quantitative estimate of drug-likeness (QED) is 0.716. The summed E-state index contributed by atoms with van der Waals surface area (Å²) in [5.74, 6) is 0.695. The number of rotatable bonds is 5. The summed E-state index contributed by atoms with van der Waals surface area (Å²) >= 11 is 0. The second kappa shape index (κ2) is 6.84. The van der Waals surface area contributed by atoms with Gasteiger partial charge in [0.15, 0.2) is 0 Å². The minimum atomic E-state index is -0.296. The zero-order valence-electron chi connectivity index (χ0n) is 10.5. The number of halogens is 1. The number of hydrogen-bond acceptors (Lipinski definition) is 2. The van der Waals surface area contributed by atoms with Crippen molar-refractivity contribution >= 4 is 5.71 Å². The first-order valence-electron chi connectivity index (χ1n) is 5.64. The highest BCUT2D eigenvalue weighted by molar-refractivity contribution is 5.96. The molecule has 1 aromatic carbocycles. The lowest BCUT2D eigenvalue weighted by Gasteiger charge is -2.06. The summed E-state index contributed by atoms with van der Waals surface area (Å²) in [6.45, 7) is 4.54. The van der Waals surface area contributed by atoms with E-state index in [1.165, 1.54) is 12.1 Å². The molecule has 0 aliphatic carbocycles. The third-order valence-corrected chi connectivity index (χ3v) is 2.14. The Hall–Kier alpha value is -1.64. The van der Waals surface area contributed by atoms with Crippen molar-refractivity contribution in [2.24, 2.45) is 10.9 Å². The van der Waals surface area contributed by atoms with Crippen LogP contribution in [0.25, 0.3) is 0 Å². The molecule has 0 aliphatic rings. The van der Waals surface area contributed by atoms with E-state index in [0.717, 1.165) is 5.71 Å². The lowest BCUT2D eigenvalue weighted by molar-refractivity contribution is 0.374. The van der Waals surface area contributed by atoms with Crippen LogP contribution in [0.5, 0.6) is 5.75 Å². The van der Waals surface area contributed by atoms with Gasteiger partial charge in [-0.3, -0.25) is 4.99 Å². The van der Waals surface area contributed by atoms with Gasteiger partial charge < -0.3 is 4.74 Å². The van der Waals surface area contributed by atoms with Crippen LogP contribution in [-0.4, -0.2) is 19.4 Å². The summed E-state index contributed by atoms with van der Waals surface area (Å²) in [6.07, 6.45) is 3.99.